The number of ether oxygens (including phenoxy) is 2. The van der Waals surface area contributed by atoms with E-state index in [0.29, 0.717) is 28.6 Å². The third-order valence-electron chi connectivity index (χ3n) is 3.25. The van der Waals surface area contributed by atoms with Crippen LogP contribution in [0.4, 0.5) is 10.1 Å². The first-order valence-electron chi connectivity index (χ1n) is 6.21. The van der Waals surface area contributed by atoms with Gasteiger partial charge in [-0.3, -0.25) is 0 Å². The van der Waals surface area contributed by atoms with Crippen molar-refractivity contribution in [3.8, 4) is 11.5 Å². The molecule has 1 atom stereocenters. The van der Waals surface area contributed by atoms with Crippen molar-refractivity contribution in [2.45, 2.75) is 6.10 Å². The van der Waals surface area contributed by atoms with Crippen LogP contribution in [0.1, 0.15) is 11.7 Å². The van der Waals surface area contributed by atoms with Crippen LogP contribution in [-0.2, 0) is 0 Å². The molecule has 1 aliphatic rings. The van der Waals surface area contributed by atoms with E-state index in [1.807, 2.05) is 6.07 Å². The molecule has 1 aliphatic heterocycles. The number of anilines is 1. The second-order valence-electron chi connectivity index (χ2n) is 4.48. The Bertz CT molecular complexity index is 648. The van der Waals surface area contributed by atoms with Gasteiger partial charge in [0.1, 0.15) is 23.4 Å². The van der Waals surface area contributed by atoms with Crippen LogP contribution < -0.4 is 14.8 Å². The van der Waals surface area contributed by atoms with Crippen LogP contribution in [0.25, 0.3) is 0 Å². The molecule has 0 bridgehead atoms. The molecule has 2 aromatic carbocycles. The summed E-state index contributed by atoms with van der Waals surface area (Å²) in [6.07, 6.45) is -0.461. The van der Waals surface area contributed by atoms with E-state index in [2.05, 4.69) is 5.32 Å². The number of methoxy groups -OCH3 is 1. The highest BCUT2D eigenvalue weighted by atomic mass is 35.5. The summed E-state index contributed by atoms with van der Waals surface area (Å²) in [5, 5.41) is 3.79. The highest BCUT2D eigenvalue weighted by Crippen LogP contribution is 2.39. The Morgan fingerprint density at radius 3 is 3.00 bits per heavy atom. The van der Waals surface area contributed by atoms with Crippen molar-refractivity contribution in [2.75, 3.05) is 19.0 Å². The van der Waals surface area contributed by atoms with Gasteiger partial charge in [0.05, 0.1) is 24.9 Å². The van der Waals surface area contributed by atoms with Gasteiger partial charge < -0.3 is 14.8 Å². The zero-order valence-electron chi connectivity index (χ0n) is 10.8. The molecule has 0 radical (unpaired) electrons. The van der Waals surface area contributed by atoms with Crippen molar-refractivity contribution in [3.05, 3.63) is 52.8 Å². The molecule has 5 heteroatoms. The van der Waals surface area contributed by atoms with E-state index in [-0.39, 0.29) is 5.82 Å². The highest BCUT2D eigenvalue weighted by molar-refractivity contribution is 6.30. The predicted molar refractivity (Wildman–Crippen MR) is 76.3 cm³/mol. The first kappa shape index (κ1) is 13.1. The molecule has 20 heavy (non-hydrogen) atoms. The molecule has 0 saturated carbocycles. The number of nitrogens with one attached hydrogen (secondary N) is 1. The molecule has 0 aromatic heterocycles. The monoisotopic (exact) mass is 293 g/mol. The van der Waals surface area contributed by atoms with E-state index in [0.717, 1.165) is 5.69 Å². The Morgan fingerprint density at radius 2 is 2.20 bits per heavy atom. The summed E-state index contributed by atoms with van der Waals surface area (Å²) in [6.45, 7) is 0.464. The van der Waals surface area contributed by atoms with Crippen molar-refractivity contribution in [2.24, 2.45) is 0 Å². The minimum atomic E-state index is -0.461. The maximum Gasteiger partial charge on any atom is 0.147 e. The first-order valence-corrected chi connectivity index (χ1v) is 6.59. The second kappa shape index (κ2) is 5.21. The lowest BCUT2D eigenvalue weighted by atomic mass is 10.1. The van der Waals surface area contributed by atoms with E-state index < -0.39 is 6.10 Å². The number of hydrogen-bond donors (Lipinski definition) is 1. The van der Waals surface area contributed by atoms with E-state index in [1.54, 1.807) is 24.3 Å². The molecule has 0 saturated heterocycles. The molecule has 1 unspecified atom stereocenters. The van der Waals surface area contributed by atoms with Crippen molar-refractivity contribution in [1.29, 1.82) is 0 Å². The van der Waals surface area contributed by atoms with Crippen molar-refractivity contribution < 1.29 is 13.9 Å². The summed E-state index contributed by atoms with van der Waals surface area (Å²) in [4.78, 5) is 0. The minimum absolute atomic E-state index is 0.346. The van der Waals surface area contributed by atoms with E-state index in [9.17, 15) is 4.39 Å². The normalized spacial score (nSPS) is 16.9. The Balaban J connectivity index is 1.98. The van der Waals surface area contributed by atoms with E-state index >= 15 is 0 Å². The fraction of sp³-hybridized carbons (Fsp3) is 0.200. The van der Waals surface area contributed by atoms with Gasteiger partial charge >= 0.3 is 0 Å². The van der Waals surface area contributed by atoms with Gasteiger partial charge in [0.25, 0.3) is 0 Å². The van der Waals surface area contributed by atoms with Crippen LogP contribution >= 0.6 is 11.6 Å². The Morgan fingerprint density at radius 1 is 1.35 bits per heavy atom. The largest absolute Gasteiger partial charge is 0.496 e. The zero-order chi connectivity index (χ0) is 14.1. The van der Waals surface area contributed by atoms with Crippen LogP contribution in [0.5, 0.6) is 11.5 Å². The molecule has 0 spiro atoms. The molecule has 0 aliphatic carbocycles. The number of hydrogen-bond acceptors (Lipinski definition) is 3. The van der Waals surface area contributed by atoms with Gasteiger partial charge in [-0.2, -0.15) is 0 Å². The summed E-state index contributed by atoms with van der Waals surface area (Å²) in [5.74, 6) is 0.739. The molecular weight excluding hydrogens is 281 g/mol. The van der Waals surface area contributed by atoms with Gasteiger partial charge in [-0.25, -0.2) is 4.39 Å². The molecule has 0 amide bonds. The maximum absolute atomic E-state index is 14.1. The lowest BCUT2D eigenvalue weighted by Crippen LogP contribution is -2.24. The lowest BCUT2D eigenvalue weighted by Gasteiger charge is -2.28. The molecule has 2 aromatic rings. The highest BCUT2D eigenvalue weighted by Gasteiger charge is 2.26. The molecule has 0 fully saturated rings. The molecular formula is C15H13ClFNO2. The van der Waals surface area contributed by atoms with E-state index in [4.69, 9.17) is 21.1 Å². The topological polar surface area (TPSA) is 30.5 Å². The fourth-order valence-electron chi connectivity index (χ4n) is 2.31. The number of fused-ring (bicyclic) bond motifs is 1. The zero-order valence-corrected chi connectivity index (χ0v) is 11.6. The number of rotatable bonds is 2. The van der Waals surface area contributed by atoms with Gasteiger partial charge in [-0.1, -0.05) is 17.7 Å². The van der Waals surface area contributed by atoms with Crippen LogP contribution in [-0.4, -0.2) is 13.7 Å². The Kier molecular flexibility index (Phi) is 3.40. The maximum atomic E-state index is 14.1. The lowest BCUT2D eigenvalue weighted by molar-refractivity contribution is 0.200. The van der Waals surface area contributed by atoms with Gasteiger partial charge in [0.15, 0.2) is 0 Å². The smallest absolute Gasteiger partial charge is 0.147 e. The van der Waals surface area contributed by atoms with Crippen LogP contribution in [0.15, 0.2) is 36.4 Å². The van der Waals surface area contributed by atoms with Gasteiger partial charge in [-0.15, -0.1) is 0 Å². The third-order valence-corrected chi connectivity index (χ3v) is 3.48. The molecule has 3 nitrogen and oxygen atoms in total. The molecule has 1 N–H and O–H groups in total. The number of benzene rings is 2. The third kappa shape index (κ3) is 2.27. The SMILES string of the molecule is COc1cccc(F)c1C1CNc2ccc(Cl)cc2O1. The quantitative estimate of drug-likeness (QED) is 0.907. The molecule has 1 heterocycles. The Hall–Kier alpha value is -1.94. The van der Waals surface area contributed by atoms with Crippen LogP contribution in [0.2, 0.25) is 5.02 Å². The summed E-state index contributed by atoms with van der Waals surface area (Å²) in [5.41, 5.74) is 1.26. The van der Waals surface area contributed by atoms with Crippen molar-refractivity contribution in [3.63, 3.8) is 0 Å². The number of halogens is 2. The molecule has 104 valence electrons. The van der Waals surface area contributed by atoms with Crippen LogP contribution in [0.3, 0.4) is 0 Å². The first-order chi connectivity index (χ1) is 9.69. The Labute approximate surface area is 121 Å². The van der Waals surface area contributed by atoms with Gasteiger partial charge in [-0.05, 0) is 24.3 Å². The summed E-state index contributed by atoms with van der Waals surface area (Å²) >= 11 is 5.95. The minimum Gasteiger partial charge on any atom is -0.496 e. The average Bonchev–Trinajstić information content (AvgIpc) is 2.46. The fourth-order valence-corrected chi connectivity index (χ4v) is 2.47. The molecule has 3 rings (SSSR count). The van der Waals surface area contributed by atoms with Crippen molar-refractivity contribution in [1.82, 2.24) is 0 Å². The predicted octanol–water partition coefficient (Wildman–Crippen LogP) is 4.03. The van der Waals surface area contributed by atoms with Crippen LogP contribution in [0, 0.1) is 5.82 Å². The summed E-state index contributed by atoms with van der Waals surface area (Å²) in [6, 6.07) is 10.1. The van der Waals surface area contributed by atoms with E-state index in [1.165, 1.54) is 13.2 Å². The van der Waals surface area contributed by atoms with Crippen molar-refractivity contribution >= 4 is 17.3 Å². The average molecular weight is 294 g/mol. The summed E-state index contributed by atoms with van der Waals surface area (Å²) in [7, 11) is 1.51. The van der Waals surface area contributed by atoms with Gasteiger partial charge in [0.2, 0.25) is 0 Å². The standard InChI is InChI=1S/C15H13ClFNO2/c1-19-12-4-2-3-10(17)15(12)14-8-18-11-6-5-9(16)7-13(11)20-14/h2-7,14,18H,8H2,1H3. The second-order valence-corrected chi connectivity index (χ2v) is 4.92. The summed E-state index contributed by atoms with van der Waals surface area (Å²) < 4.78 is 25.1. The van der Waals surface area contributed by atoms with Gasteiger partial charge in [0, 0.05) is 11.1 Å².